The Morgan fingerprint density at radius 3 is 2.48 bits per heavy atom. The number of allylic oxidation sites excluding steroid dienone is 1. The molecule has 108 valence electrons. The highest BCUT2D eigenvalue weighted by Crippen LogP contribution is 2.25. The number of carbonyl (C=O) groups excluding carboxylic acids is 1. The van der Waals surface area contributed by atoms with Crippen molar-refractivity contribution < 1.29 is 14.3 Å². The van der Waals surface area contributed by atoms with Gasteiger partial charge in [0.25, 0.3) is 0 Å². The molecule has 3 heteroatoms. The smallest absolute Gasteiger partial charge is 0.186 e. The molecule has 3 nitrogen and oxygen atoms in total. The Kier molecular flexibility index (Phi) is 4.77. The summed E-state index contributed by atoms with van der Waals surface area (Å²) in [6.07, 6.45) is 3.30. The standard InChI is InChI=1S/C18H18O3/c1-13-6-4-5-7-16(13)17(19)10-8-14-12-15(20-2)9-11-18(14)21-3/h4-12H,1-3H3. The molecule has 0 spiro atoms. The van der Waals surface area contributed by atoms with Gasteiger partial charge in [-0.3, -0.25) is 4.79 Å². The Morgan fingerprint density at radius 2 is 1.81 bits per heavy atom. The summed E-state index contributed by atoms with van der Waals surface area (Å²) in [5.74, 6) is 1.39. The number of aryl methyl sites for hydroxylation is 1. The second-order valence-corrected chi connectivity index (χ2v) is 4.62. The summed E-state index contributed by atoms with van der Waals surface area (Å²) >= 11 is 0. The topological polar surface area (TPSA) is 35.5 Å². The molecule has 0 bridgehead atoms. The maximum atomic E-state index is 12.2. The normalized spacial score (nSPS) is 10.6. The predicted molar refractivity (Wildman–Crippen MR) is 84.1 cm³/mol. The SMILES string of the molecule is COc1ccc(OC)c(C=CC(=O)c2ccccc2C)c1. The number of ether oxygens (including phenoxy) is 2. The Hall–Kier alpha value is -2.55. The van der Waals surface area contributed by atoms with Crippen LogP contribution in [-0.4, -0.2) is 20.0 Å². The van der Waals surface area contributed by atoms with Gasteiger partial charge in [-0.25, -0.2) is 0 Å². The fourth-order valence-corrected chi connectivity index (χ4v) is 2.07. The maximum Gasteiger partial charge on any atom is 0.186 e. The van der Waals surface area contributed by atoms with Crippen LogP contribution in [0.25, 0.3) is 6.08 Å². The molecular weight excluding hydrogens is 264 g/mol. The molecular formula is C18H18O3. The van der Waals surface area contributed by atoms with E-state index in [1.165, 1.54) is 0 Å². The molecule has 2 aromatic rings. The van der Waals surface area contributed by atoms with Crippen LogP contribution in [0.5, 0.6) is 11.5 Å². The van der Waals surface area contributed by atoms with Crippen molar-refractivity contribution in [3.05, 3.63) is 65.2 Å². The first kappa shape index (κ1) is 14.9. The number of benzene rings is 2. The van der Waals surface area contributed by atoms with Gasteiger partial charge in [0.05, 0.1) is 14.2 Å². The largest absolute Gasteiger partial charge is 0.497 e. The van der Waals surface area contributed by atoms with Crippen molar-refractivity contribution in [2.24, 2.45) is 0 Å². The van der Waals surface area contributed by atoms with Gasteiger partial charge in [-0.2, -0.15) is 0 Å². The number of ketones is 1. The molecule has 2 rings (SSSR count). The van der Waals surface area contributed by atoms with E-state index in [0.29, 0.717) is 11.3 Å². The molecule has 0 aliphatic heterocycles. The maximum absolute atomic E-state index is 12.2. The van der Waals surface area contributed by atoms with Crippen LogP contribution in [-0.2, 0) is 0 Å². The van der Waals surface area contributed by atoms with Crippen LogP contribution in [0.2, 0.25) is 0 Å². The van der Waals surface area contributed by atoms with E-state index in [9.17, 15) is 4.79 Å². The van der Waals surface area contributed by atoms with Crippen molar-refractivity contribution >= 4 is 11.9 Å². The quantitative estimate of drug-likeness (QED) is 0.616. The Morgan fingerprint density at radius 1 is 1.05 bits per heavy atom. The van der Waals surface area contributed by atoms with Crippen LogP contribution >= 0.6 is 0 Å². The first-order valence-electron chi connectivity index (χ1n) is 6.65. The third-order valence-electron chi connectivity index (χ3n) is 3.26. The Bertz CT molecular complexity index is 672. The lowest BCUT2D eigenvalue weighted by Crippen LogP contribution is -1.97. The summed E-state index contributed by atoms with van der Waals surface area (Å²) in [6.45, 7) is 1.92. The average molecular weight is 282 g/mol. The van der Waals surface area contributed by atoms with E-state index in [4.69, 9.17) is 9.47 Å². The van der Waals surface area contributed by atoms with E-state index in [0.717, 1.165) is 16.9 Å². The molecule has 0 unspecified atom stereocenters. The molecule has 0 atom stereocenters. The summed E-state index contributed by atoms with van der Waals surface area (Å²) in [7, 11) is 3.20. The first-order valence-corrected chi connectivity index (χ1v) is 6.65. The van der Waals surface area contributed by atoms with Crippen molar-refractivity contribution in [3.63, 3.8) is 0 Å². The van der Waals surface area contributed by atoms with Gasteiger partial charge in [0, 0.05) is 11.1 Å². The second kappa shape index (κ2) is 6.75. The van der Waals surface area contributed by atoms with Crippen LogP contribution in [0, 0.1) is 6.92 Å². The summed E-state index contributed by atoms with van der Waals surface area (Å²) in [6, 6.07) is 13.0. The monoisotopic (exact) mass is 282 g/mol. The van der Waals surface area contributed by atoms with Crippen molar-refractivity contribution in [1.29, 1.82) is 0 Å². The molecule has 0 amide bonds. The molecule has 0 N–H and O–H groups in total. The lowest BCUT2D eigenvalue weighted by molar-refractivity contribution is 0.104. The highest BCUT2D eigenvalue weighted by atomic mass is 16.5. The van der Waals surface area contributed by atoms with E-state index >= 15 is 0 Å². The van der Waals surface area contributed by atoms with Crippen LogP contribution in [0.15, 0.2) is 48.5 Å². The average Bonchev–Trinajstić information content (AvgIpc) is 2.52. The van der Waals surface area contributed by atoms with Gasteiger partial charge in [0.2, 0.25) is 0 Å². The first-order chi connectivity index (χ1) is 10.2. The van der Waals surface area contributed by atoms with Gasteiger partial charge in [-0.05, 0) is 42.8 Å². The molecule has 0 aliphatic carbocycles. The molecule has 0 saturated heterocycles. The lowest BCUT2D eigenvalue weighted by Gasteiger charge is -2.07. The van der Waals surface area contributed by atoms with Gasteiger partial charge in [0.1, 0.15) is 11.5 Å². The van der Waals surface area contributed by atoms with E-state index < -0.39 is 0 Å². The van der Waals surface area contributed by atoms with E-state index in [1.54, 1.807) is 26.4 Å². The van der Waals surface area contributed by atoms with Gasteiger partial charge in [0.15, 0.2) is 5.78 Å². The van der Waals surface area contributed by atoms with Gasteiger partial charge < -0.3 is 9.47 Å². The summed E-state index contributed by atoms with van der Waals surface area (Å²) in [4.78, 5) is 12.2. The zero-order chi connectivity index (χ0) is 15.2. The zero-order valence-electron chi connectivity index (χ0n) is 12.4. The second-order valence-electron chi connectivity index (χ2n) is 4.62. The molecule has 0 aliphatic rings. The van der Waals surface area contributed by atoms with Crippen molar-refractivity contribution in [1.82, 2.24) is 0 Å². The molecule has 0 fully saturated rings. The molecule has 21 heavy (non-hydrogen) atoms. The summed E-state index contributed by atoms with van der Waals surface area (Å²) in [5, 5.41) is 0. The minimum absolute atomic E-state index is 0.0297. The summed E-state index contributed by atoms with van der Waals surface area (Å²) in [5.41, 5.74) is 2.47. The van der Waals surface area contributed by atoms with Crippen LogP contribution in [0.3, 0.4) is 0 Å². The number of carbonyl (C=O) groups is 1. The molecule has 0 heterocycles. The van der Waals surface area contributed by atoms with Gasteiger partial charge >= 0.3 is 0 Å². The highest BCUT2D eigenvalue weighted by molar-refractivity contribution is 6.07. The lowest BCUT2D eigenvalue weighted by atomic mass is 10.0. The van der Waals surface area contributed by atoms with Crippen molar-refractivity contribution in [2.75, 3.05) is 14.2 Å². The molecule has 0 radical (unpaired) electrons. The van der Waals surface area contributed by atoms with Gasteiger partial charge in [-0.1, -0.05) is 24.3 Å². The van der Waals surface area contributed by atoms with E-state index in [2.05, 4.69) is 0 Å². The molecule has 0 aromatic heterocycles. The third kappa shape index (κ3) is 3.51. The minimum Gasteiger partial charge on any atom is -0.497 e. The minimum atomic E-state index is -0.0297. The van der Waals surface area contributed by atoms with Crippen molar-refractivity contribution in [3.8, 4) is 11.5 Å². The van der Waals surface area contributed by atoms with E-state index in [1.807, 2.05) is 49.4 Å². The predicted octanol–water partition coefficient (Wildman–Crippen LogP) is 3.91. The Balaban J connectivity index is 2.29. The summed E-state index contributed by atoms with van der Waals surface area (Å²) < 4.78 is 10.5. The van der Waals surface area contributed by atoms with Crippen LogP contribution in [0.4, 0.5) is 0 Å². The molecule has 0 saturated carbocycles. The third-order valence-corrected chi connectivity index (χ3v) is 3.26. The number of hydrogen-bond donors (Lipinski definition) is 0. The fourth-order valence-electron chi connectivity index (χ4n) is 2.07. The van der Waals surface area contributed by atoms with Crippen LogP contribution < -0.4 is 9.47 Å². The number of rotatable bonds is 5. The zero-order valence-corrected chi connectivity index (χ0v) is 12.4. The fraction of sp³-hybridized carbons (Fsp3) is 0.167. The number of hydrogen-bond acceptors (Lipinski definition) is 3. The van der Waals surface area contributed by atoms with E-state index in [-0.39, 0.29) is 5.78 Å². The van der Waals surface area contributed by atoms with Crippen LogP contribution in [0.1, 0.15) is 21.5 Å². The Labute approximate surface area is 124 Å². The van der Waals surface area contributed by atoms with Gasteiger partial charge in [-0.15, -0.1) is 0 Å². The molecule has 2 aromatic carbocycles. The highest BCUT2D eigenvalue weighted by Gasteiger charge is 2.06. The number of methoxy groups -OCH3 is 2. The van der Waals surface area contributed by atoms with Crippen molar-refractivity contribution in [2.45, 2.75) is 6.92 Å².